The molecule has 0 unspecified atom stereocenters. The first-order valence-electron chi connectivity index (χ1n) is 3.03. The van der Waals surface area contributed by atoms with Crippen molar-refractivity contribution in [2.45, 2.75) is 0 Å². The lowest BCUT2D eigenvalue weighted by atomic mass is 10.3. The molecule has 0 aliphatic carbocycles. The lowest BCUT2D eigenvalue weighted by molar-refractivity contribution is 1.24. The number of fused-ring (bicyclic) bond motifs is 1. The van der Waals surface area contributed by atoms with Gasteiger partial charge >= 0.3 is 0 Å². The molecule has 2 rings (SSSR count). The molecule has 0 atom stereocenters. The van der Waals surface area contributed by atoms with Gasteiger partial charge in [0.05, 0.1) is 9.99 Å². The Morgan fingerprint density at radius 1 is 1.55 bits per heavy atom. The van der Waals surface area contributed by atoms with Crippen LogP contribution in [0.25, 0.3) is 10.1 Å². The van der Waals surface area contributed by atoms with Crippen molar-refractivity contribution in [1.82, 2.24) is 4.98 Å². The summed E-state index contributed by atoms with van der Waals surface area (Å²) in [6, 6.07) is 3.73. The first-order chi connectivity index (χ1) is 5.27. The molecule has 0 aliphatic heterocycles. The van der Waals surface area contributed by atoms with Gasteiger partial charge < -0.3 is 4.98 Å². The van der Waals surface area contributed by atoms with Gasteiger partial charge in [-0.05, 0) is 33.4 Å². The Labute approximate surface area is 75.0 Å². The average Bonchev–Trinajstić information content (AvgIpc) is 2.34. The molecule has 0 amide bonds. The average molecular weight is 230 g/mol. The molecule has 56 valence electrons. The van der Waals surface area contributed by atoms with Crippen molar-refractivity contribution in [3.63, 3.8) is 0 Å². The summed E-state index contributed by atoms with van der Waals surface area (Å²) in [4.78, 5) is 13.8. The molecule has 2 heterocycles. The van der Waals surface area contributed by atoms with Crippen molar-refractivity contribution in [3.05, 3.63) is 32.5 Å². The number of hydrogen-bond donors (Lipinski definition) is 1. The van der Waals surface area contributed by atoms with Gasteiger partial charge in [-0.25, -0.2) is 0 Å². The molecule has 0 aliphatic rings. The molecular weight excluding hydrogens is 226 g/mol. The number of nitrogens with one attached hydrogen (secondary N) is 1. The number of hydrogen-bond acceptors (Lipinski definition) is 2. The normalized spacial score (nSPS) is 10.6. The number of halogens is 1. The topological polar surface area (TPSA) is 32.9 Å². The zero-order valence-corrected chi connectivity index (χ0v) is 7.83. The molecule has 2 nitrogen and oxygen atoms in total. The van der Waals surface area contributed by atoms with E-state index in [1.807, 2.05) is 17.5 Å². The monoisotopic (exact) mass is 229 g/mol. The van der Waals surface area contributed by atoms with E-state index < -0.39 is 0 Å². The molecule has 0 saturated heterocycles. The molecule has 4 heteroatoms. The number of thiophene rings is 1. The van der Waals surface area contributed by atoms with E-state index in [9.17, 15) is 4.79 Å². The number of rotatable bonds is 0. The van der Waals surface area contributed by atoms with Crippen molar-refractivity contribution in [2.24, 2.45) is 0 Å². The Balaban J connectivity index is 3.02. The fraction of sp³-hybridized carbons (Fsp3) is 0. The Hall–Kier alpha value is -0.610. The van der Waals surface area contributed by atoms with Crippen LogP contribution in [0.1, 0.15) is 0 Å². The molecule has 0 bridgehead atoms. The minimum absolute atomic E-state index is 0.0318. The number of pyridine rings is 1. The molecule has 0 fully saturated rings. The van der Waals surface area contributed by atoms with Gasteiger partial charge in [-0.2, -0.15) is 0 Å². The summed E-state index contributed by atoms with van der Waals surface area (Å²) < 4.78 is 1.75. The molecule has 0 spiro atoms. The third kappa shape index (κ3) is 1.12. The highest BCUT2D eigenvalue weighted by Crippen LogP contribution is 2.19. The largest absolute Gasteiger partial charge is 0.316 e. The van der Waals surface area contributed by atoms with Crippen LogP contribution in [-0.2, 0) is 0 Å². The van der Waals surface area contributed by atoms with Gasteiger partial charge in [-0.1, -0.05) is 0 Å². The Morgan fingerprint density at radius 3 is 3.18 bits per heavy atom. The fourth-order valence-corrected chi connectivity index (χ4v) is 2.33. The van der Waals surface area contributed by atoms with Crippen molar-refractivity contribution < 1.29 is 0 Å². The van der Waals surface area contributed by atoms with Crippen LogP contribution in [-0.4, -0.2) is 4.98 Å². The third-order valence-corrected chi connectivity index (χ3v) is 2.72. The number of aromatic nitrogens is 1. The summed E-state index contributed by atoms with van der Waals surface area (Å²) >= 11 is 4.78. The van der Waals surface area contributed by atoms with E-state index in [-0.39, 0.29) is 5.56 Å². The van der Waals surface area contributed by atoms with Gasteiger partial charge in [0, 0.05) is 4.70 Å². The highest BCUT2D eigenvalue weighted by molar-refractivity contribution is 9.10. The van der Waals surface area contributed by atoms with Crippen LogP contribution in [0.4, 0.5) is 0 Å². The molecule has 0 radical (unpaired) electrons. The standard InChI is InChI=1S/C7H4BrNOS/c8-6-3-5-4(1-2-11-5)7(10)9-6/h1-3H,(H,9,10). The van der Waals surface area contributed by atoms with Gasteiger partial charge in [0.2, 0.25) is 0 Å². The second-order valence-electron chi connectivity index (χ2n) is 2.14. The van der Waals surface area contributed by atoms with Crippen molar-refractivity contribution in [1.29, 1.82) is 0 Å². The van der Waals surface area contributed by atoms with E-state index in [0.717, 1.165) is 14.7 Å². The Kier molecular flexibility index (Phi) is 1.58. The van der Waals surface area contributed by atoms with E-state index >= 15 is 0 Å². The molecule has 2 aromatic heterocycles. The van der Waals surface area contributed by atoms with Crippen molar-refractivity contribution in [3.8, 4) is 0 Å². The third-order valence-electron chi connectivity index (χ3n) is 1.43. The number of H-pyrrole nitrogens is 1. The summed E-state index contributed by atoms with van der Waals surface area (Å²) in [6.45, 7) is 0. The van der Waals surface area contributed by atoms with Gasteiger partial charge in [-0.15, -0.1) is 11.3 Å². The summed E-state index contributed by atoms with van der Waals surface area (Å²) in [5.74, 6) is 0. The van der Waals surface area contributed by atoms with E-state index in [4.69, 9.17) is 0 Å². The molecule has 2 aromatic rings. The van der Waals surface area contributed by atoms with E-state index in [2.05, 4.69) is 20.9 Å². The Bertz CT molecular complexity index is 445. The molecule has 0 aromatic carbocycles. The predicted molar refractivity (Wildman–Crippen MR) is 50.1 cm³/mol. The van der Waals surface area contributed by atoms with Crippen LogP contribution >= 0.6 is 27.3 Å². The zero-order chi connectivity index (χ0) is 7.84. The van der Waals surface area contributed by atoms with Crippen molar-refractivity contribution in [2.75, 3.05) is 0 Å². The van der Waals surface area contributed by atoms with E-state index in [1.165, 1.54) is 0 Å². The van der Waals surface area contributed by atoms with Gasteiger partial charge in [-0.3, -0.25) is 4.79 Å². The first-order valence-corrected chi connectivity index (χ1v) is 4.70. The van der Waals surface area contributed by atoms with Crippen LogP contribution < -0.4 is 5.56 Å². The molecule has 1 N–H and O–H groups in total. The molecule has 0 saturated carbocycles. The van der Waals surface area contributed by atoms with Crippen LogP contribution in [0.3, 0.4) is 0 Å². The van der Waals surface area contributed by atoms with Crippen LogP contribution in [0.15, 0.2) is 26.9 Å². The predicted octanol–water partition coefficient (Wildman–Crippen LogP) is 2.35. The maximum absolute atomic E-state index is 11.2. The minimum Gasteiger partial charge on any atom is -0.316 e. The lowest BCUT2D eigenvalue weighted by Crippen LogP contribution is -2.03. The summed E-state index contributed by atoms with van der Waals surface area (Å²) in [5, 5.41) is 2.67. The molecular formula is C7H4BrNOS. The van der Waals surface area contributed by atoms with Crippen molar-refractivity contribution >= 4 is 37.4 Å². The van der Waals surface area contributed by atoms with Gasteiger partial charge in [0.1, 0.15) is 0 Å². The maximum Gasteiger partial charge on any atom is 0.257 e. The maximum atomic E-state index is 11.2. The van der Waals surface area contributed by atoms with Gasteiger partial charge in [0.25, 0.3) is 5.56 Å². The summed E-state index contributed by atoms with van der Waals surface area (Å²) in [6.07, 6.45) is 0. The van der Waals surface area contributed by atoms with Gasteiger partial charge in [0.15, 0.2) is 0 Å². The van der Waals surface area contributed by atoms with E-state index in [1.54, 1.807) is 11.3 Å². The second-order valence-corrected chi connectivity index (χ2v) is 3.95. The zero-order valence-electron chi connectivity index (χ0n) is 5.43. The van der Waals surface area contributed by atoms with Crippen LogP contribution in [0.2, 0.25) is 0 Å². The quantitative estimate of drug-likeness (QED) is 0.692. The van der Waals surface area contributed by atoms with Crippen LogP contribution in [0.5, 0.6) is 0 Å². The van der Waals surface area contributed by atoms with Crippen LogP contribution in [0, 0.1) is 0 Å². The highest BCUT2D eigenvalue weighted by Gasteiger charge is 1.99. The number of aromatic amines is 1. The smallest absolute Gasteiger partial charge is 0.257 e. The molecule has 11 heavy (non-hydrogen) atoms. The first kappa shape index (κ1) is 7.06. The second kappa shape index (κ2) is 2.46. The fourth-order valence-electron chi connectivity index (χ4n) is 0.947. The highest BCUT2D eigenvalue weighted by atomic mass is 79.9. The summed E-state index contributed by atoms with van der Waals surface area (Å²) in [7, 11) is 0. The Morgan fingerprint density at radius 2 is 2.36 bits per heavy atom. The van der Waals surface area contributed by atoms with E-state index in [0.29, 0.717) is 0 Å². The summed E-state index contributed by atoms with van der Waals surface area (Å²) in [5.41, 5.74) is -0.0318. The lowest BCUT2D eigenvalue weighted by Gasteiger charge is -1.89. The minimum atomic E-state index is -0.0318. The SMILES string of the molecule is O=c1[nH]c(Br)cc2sccc12.